The molecular weight excluding hydrogens is 254 g/mol. The largest absolute Gasteiger partial charge is 0.397 e. The predicted octanol–water partition coefficient (Wildman–Crippen LogP) is 1.44. The van der Waals surface area contributed by atoms with Crippen LogP contribution >= 0.6 is 0 Å². The summed E-state index contributed by atoms with van der Waals surface area (Å²) in [4.78, 5) is 14.1. The number of amides is 1. The normalized spacial score (nSPS) is 24.1. The van der Waals surface area contributed by atoms with Crippen LogP contribution < -0.4 is 11.1 Å². The number of aliphatic hydroxyl groups is 1. The van der Waals surface area contributed by atoms with E-state index in [2.05, 4.69) is 10.2 Å². The fourth-order valence-corrected chi connectivity index (χ4v) is 2.48. The quantitative estimate of drug-likeness (QED) is 0.731. The number of anilines is 2. The summed E-state index contributed by atoms with van der Waals surface area (Å²) in [7, 11) is 0. The lowest BCUT2D eigenvalue weighted by Crippen LogP contribution is -2.35. The minimum absolute atomic E-state index is 0.0653. The number of nitrogen functional groups attached to an aromatic ring is 1. The number of hydrogen-bond donors (Lipinski definition) is 3. The Bertz CT molecular complexity index is 474. The molecule has 1 aliphatic heterocycles. The number of nitrogens with zero attached hydrogens (tertiary/aromatic N) is 1. The third-order valence-corrected chi connectivity index (χ3v) is 3.76. The van der Waals surface area contributed by atoms with Gasteiger partial charge in [0.25, 0.3) is 0 Å². The summed E-state index contributed by atoms with van der Waals surface area (Å²) >= 11 is 0. The van der Waals surface area contributed by atoms with E-state index in [1.807, 2.05) is 19.1 Å². The Morgan fingerprint density at radius 3 is 2.90 bits per heavy atom. The monoisotopic (exact) mass is 277 g/mol. The maximum absolute atomic E-state index is 12.0. The molecule has 5 nitrogen and oxygen atoms in total. The molecule has 1 aromatic carbocycles. The van der Waals surface area contributed by atoms with Crippen molar-refractivity contribution in [3.63, 3.8) is 0 Å². The van der Waals surface area contributed by atoms with Gasteiger partial charge in [-0.2, -0.15) is 0 Å². The molecule has 0 aromatic heterocycles. The number of likely N-dealkylation sites (tertiary alicyclic amines) is 1. The first-order valence-electron chi connectivity index (χ1n) is 7.05. The van der Waals surface area contributed by atoms with Crippen LogP contribution in [0, 0.1) is 0 Å². The molecule has 1 aliphatic rings. The van der Waals surface area contributed by atoms with Gasteiger partial charge in [0.1, 0.15) is 0 Å². The van der Waals surface area contributed by atoms with Gasteiger partial charge in [-0.3, -0.25) is 9.69 Å². The van der Waals surface area contributed by atoms with Gasteiger partial charge in [0.2, 0.25) is 5.91 Å². The molecule has 1 fully saturated rings. The van der Waals surface area contributed by atoms with Gasteiger partial charge in [-0.05, 0) is 44.9 Å². The lowest BCUT2D eigenvalue weighted by atomic mass is 9.98. The number of hydrogen-bond acceptors (Lipinski definition) is 4. The number of carbonyl (C=O) groups excluding carboxylic acids is 1. The minimum Gasteiger partial charge on any atom is -0.397 e. The molecule has 0 saturated carbocycles. The fourth-order valence-electron chi connectivity index (χ4n) is 2.48. The van der Waals surface area contributed by atoms with Crippen LogP contribution in [0.2, 0.25) is 0 Å². The van der Waals surface area contributed by atoms with Crippen molar-refractivity contribution in [3.05, 3.63) is 24.3 Å². The molecule has 4 N–H and O–H groups in total. The van der Waals surface area contributed by atoms with Gasteiger partial charge in [0.05, 0.1) is 23.5 Å². The molecule has 1 aromatic rings. The van der Waals surface area contributed by atoms with Gasteiger partial charge >= 0.3 is 0 Å². The summed E-state index contributed by atoms with van der Waals surface area (Å²) < 4.78 is 0. The molecule has 0 spiro atoms. The summed E-state index contributed by atoms with van der Waals surface area (Å²) in [6, 6.07) is 7.23. The second-order valence-electron chi connectivity index (χ2n) is 5.76. The summed E-state index contributed by atoms with van der Waals surface area (Å²) in [5.41, 5.74) is 6.42. The van der Waals surface area contributed by atoms with Gasteiger partial charge < -0.3 is 16.2 Å². The number of rotatable bonds is 3. The molecule has 1 unspecified atom stereocenters. The van der Waals surface area contributed by atoms with Crippen molar-refractivity contribution in [2.24, 2.45) is 0 Å². The van der Waals surface area contributed by atoms with Crippen LogP contribution in [0.3, 0.4) is 0 Å². The second-order valence-corrected chi connectivity index (χ2v) is 5.76. The Morgan fingerprint density at radius 2 is 2.15 bits per heavy atom. The Labute approximate surface area is 119 Å². The van der Waals surface area contributed by atoms with Crippen molar-refractivity contribution in [3.8, 4) is 0 Å². The molecule has 5 heteroatoms. The number of carbonyl (C=O) groups is 1. The summed E-state index contributed by atoms with van der Waals surface area (Å²) in [6.45, 7) is 3.78. The smallest absolute Gasteiger partial charge is 0.238 e. The third-order valence-electron chi connectivity index (χ3n) is 3.76. The third kappa shape index (κ3) is 4.21. The van der Waals surface area contributed by atoms with Crippen molar-refractivity contribution < 1.29 is 9.90 Å². The molecule has 0 bridgehead atoms. The topological polar surface area (TPSA) is 78.6 Å². The van der Waals surface area contributed by atoms with E-state index in [1.54, 1.807) is 12.1 Å². The van der Waals surface area contributed by atoms with Gasteiger partial charge in [-0.15, -0.1) is 0 Å². The highest BCUT2D eigenvalue weighted by molar-refractivity contribution is 5.95. The Kier molecular flexibility index (Phi) is 4.62. The van der Waals surface area contributed by atoms with Crippen molar-refractivity contribution in [2.45, 2.75) is 31.8 Å². The molecular formula is C15H23N3O2. The zero-order valence-electron chi connectivity index (χ0n) is 11.9. The predicted molar refractivity (Wildman–Crippen MR) is 80.4 cm³/mol. The first-order valence-corrected chi connectivity index (χ1v) is 7.05. The Balaban J connectivity index is 1.87. The highest BCUT2D eigenvalue weighted by Crippen LogP contribution is 2.21. The van der Waals surface area contributed by atoms with E-state index in [0.717, 1.165) is 25.9 Å². The molecule has 2 rings (SSSR count). The van der Waals surface area contributed by atoms with Crippen molar-refractivity contribution >= 4 is 17.3 Å². The molecule has 20 heavy (non-hydrogen) atoms. The summed E-state index contributed by atoms with van der Waals surface area (Å²) in [6.07, 6.45) is 2.40. The zero-order chi connectivity index (χ0) is 14.6. The van der Waals surface area contributed by atoms with Crippen LogP contribution in [0.5, 0.6) is 0 Å². The van der Waals surface area contributed by atoms with Crippen molar-refractivity contribution in [1.82, 2.24) is 4.90 Å². The molecule has 0 aliphatic carbocycles. The van der Waals surface area contributed by atoms with Gasteiger partial charge in [0, 0.05) is 6.54 Å². The van der Waals surface area contributed by atoms with E-state index in [0.29, 0.717) is 24.3 Å². The number of nitrogens with two attached hydrogens (primary N) is 1. The van der Waals surface area contributed by atoms with Crippen LogP contribution in [-0.2, 0) is 4.79 Å². The van der Waals surface area contributed by atoms with Gasteiger partial charge in [-0.1, -0.05) is 12.1 Å². The second kappa shape index (κ2) is 6.24. The fraction of sp³-hybridized carbons (Fsp3) is 0.533. The minimum atomic E-state index is -0.602. The van der Waals surface area contributed by atoms with E-state index in [9.17, 15) is 9.90 Å². The molecule has 1 heterocycles. The molecule has 1 saturated heterocycles. The standard InChI is InChI=1S/C15H23N3O2/c1-15(20)7-4-9-18(10-8-15)11-14(19)17-13-6-3-2-5-12(13)16/h2-3,5-6,20H,4,7-11,16H2,1H3,(H,17,19). The van der Waals surface area contributed by atoms with Crippen LogP contribution in [0.15, 0.2) is 24.3 Å². The van der Waals surface area contributed by atoms with E-state index in [1.165, 1.54) is 0 Å². The summed E-state index contributed by atoms with van der Waals surface area (Å²) in [5, 5.41) is 12.9. The average Bonchev–Trinajstić information content (AvgIpc) is 2.54. The van der Waals surface area contributed by atoms with Crippen LogP contribution in [0.25, 0.3) is 0 Å². The first-order chi connectivity index (χ1) is 9.46. The average molecular weight is 277 g/mol. The van der Waals surface area contributed by atoms with Crippen LogP contribution in [0.4, 0.5) is 11.4 Å². The van der Waals surface area contributed by atoms with E-state index in [-0.39, 0.29) is 5.91 Å². The SMILES string of the molecule is CC1(O)CCCN(CC(=O)Nc2ccccc2N)CC1. The van der Waals surface area contributed by atoms with Crippen molar-refractivity contribution in [2.75, 3.05) is 30.7 Å². The maximum Gasteiger partial charge on any atom is 0.238 e. The lowest BCUT2D eigenvalue weighted by molar-refractivity contribution is -0.117. The lowest BCUT2D eigenvalue weighted by Gasteiger charge is -2.22. The number of para-hydroxylation sites is 2. The maximum atomic E-state index is 12.0. The highest BCUT2D eigenvalue weighted by atomic mass is 16.3. The number of nitrogens with one attached hydrogen (secondary N) is 1. The molecule has 1 atom stereocenters. The molecule has 0 radical (unpaired) electrons. The summed E-state index contributed by atoms with van der Waals surface area (Å²) in [5.74, 6) is -0.0653. The van der Waals surface area contributed by atoms with Crippen molar-refractivity contribution in [1.29, 1.82) is 0 Å². The van der Waals surface area contributed by atoms with Crippen LogP contribution in [0.1, 0.15) is 26.2 Å². The highest BCUT2D eigenvalue weighted by Gasteiger charge is 2.25. The van der Waals surface area contributed by atoms with E-state index < -0.39 is 5.60 Å². The van der Waals surface area contributed by atoms with E-state index >= 15 is 0 Å². The van der Waals surface area contributed by atoms with E-state index in [4.69, 9.17) is 5.73 Å². The Morgan fingerprint density at radius 1 is 1.40 bits per heavy atom. The van der Waals surface area contributed by atoms with Gasteiger partial charge in [0.15, 0.2) is 0 Å². The van der Waals surface area contributed by atoms with Gasteiger partial charge in [-0.25, -0.2) is 0 Å². The molecule has 1 amide bonds. The number of benzene rings is 1. The Hall–Kier alpha value is -1.59. The van der Waals surface area contributed by atoms with Crippen LogP contribution in [-0.4, -0.2) is 41.1 Å². The first kappa shape index (κ1) is 14.8. The molecule has 110 valence electrons. The zero-order valence-corrected chi connectivity index (χ0v) is 11.9.